The Morgan fingerprint density at radius 1 is 1.00 bits per heavy atom. The van der Waals surface area contributed by atoms with E-state index in [9.17, 15) is 30.7 Å². The van der Waals surface area contributed by atoms with Crippen molar-refractivity contribution < 1.29 is 98.2 Å². The summed E-state index contributed by atoms with van der Waals surface area (Å²) >= 11 is 0. The molecule has 4 fully saturated rings. The Kier molecular flexibility index (Phi) is 15.7. The van der Waals surface area contributed by atoms with E-state index in [1.165, 1.54) is 5.57 Å². The van der Waals surface area contributed by atoms with Crippen LogP contribution in [0.1, 0.15) is 98.8 Å². The van der Waals surface area contributed by atoms with Crippen molar-refractivity contribution in [2.45, 2.75) is 117 Å². The Labute approximate surface area is 339 Å². The summed E-state index contributed by atoms with van der Waals surface area (Å²) in [5, 5.41) is 3.68. The fourth-order valence-electron chi connectivity index (χ4n) is 10.4. The van der Waals surface area contributed by atoms with Gasteiger partial charge < -0.3 is 19.3 Å². The van der Waals surface area contributed by atoms with E-state index in [0.717, 1.165) is 77.4 Å². The van der Waals surface area contributed by atoms with E-state index in [0.29, 0.717) is 6.42 Å². The molecule has 1 saturated heterocycles. The molecule has 0 aromatic heterocycles. The number of rotatable bonds is 13. The summed E-state index contributed by atoms with van der Waals surface area (Å²) in [5.74, 6) is 0.606. The predicted octanol–water partition coefficient (Wildman–Crippen LogP) is -1.31. The molecule has 4 aliphatic carbocycles. The summed E-state index contributed by atoms with van der Waals surface area (Å²) in [7, 11) is -9.78. The average molecular weight is 745 g/mol. The van der Waals surface area contributed by atoms with Gasteiger partial charge >= 0.3 is 59.1 Å². The van der Waals surface area contributed by atoms with Crippen LogP contribution in [0.15, 0.2) is 23.8 Å². The first-order chi connectivity index (χ1) is 21.9. The van der Waals surface area contributed by atoms with Gasteiger partial charge in [0.2, 0.25) is 26.7 Å². The molecule has 268 valence electrons. The molecule has 0 aromatic rings. The van der Waals surface area contributed by atoms with Gasteiger partial charge in [-0.3, -0.25) is 13.2 Å². The third-order valence-electron chi connectivity index (χ3n) is 12.7. The van der Waals surface area contributed by atoms with Crippen LogP contribution in [0, 0.1) is 46.3 Å². The second-order valence-corrected chi connectivity index (χ2v) is 17.8. The Morgan fingerprint density at radius 3 is 2.33 bits per heavy atom. The molecule has 1 amide bonds. The zero-order chi connectivity index (χ0) is 34.4. The SMILES string of the molecule is CC(C)[C@@H](/C=C/[C@@H](C)[C@H]1CC[C@H]2[C@@H]3[C@H](OS(=O)(=O)[O-])C=C4C[C@@H](NCCCN5CCCC5=O)CC[C@]4(C)[C@H]3CC[C@]12C)OS(=O)(=O)[O-].[Na+].[Na+]. The molecular formula is C34H54N2Na2O9S2. The van der Waals surface area contributed by atoms with Crippen molar-refractivity contribution in [1.29, 1.82) is 0 Å². The van der Waals surface area contributed by atoms with Crippen molar-refractivity contribution in [3.63, 3.8) is 0 Å². The maximum Gasteiger partial charge on any atom is 1.00 e. The molecule has 10 atom stereocenters. The maximum absolute atomic E-state index is 12.1. The fraction of sp³-hybridized carbons (Fsp3) is 0.853. The standard InChI is InChI=1S/C34H56N2O9S2.2Na/c1-22(2)29(44-46(38,39)40)12-9-23(3)26-10-11-27-32-28(14-16-34(26,27)5)33(4)15-13-25(20-24(33)21-30(32)45-47(41,42)43)35-17-7-19-36-18-6-8-31(36)37;;/h9,12,21-23,25-30,32,35H,6-8,10-11,13-20H2,1-5H3,(H,38,39,40)(H,41,42,43);;/q;2*+1/p-2/b12-9+;;/t23-,25+,26-,27+,28+,29-,30-,32+,33+,34-;;/m1../s1. The van der Waals surface area contributed by atoms with Gasteiger partial charge in [0, 0.05) is 25.6 Å². The molecular weight excluding hydrogens is 690 g/mol. The topological polar surface area (TPSA) is 165 Å². The number of carbonyl (C=O) groups excluding carboxylic acids is 1. The van der Waals surface area contributed by atoms with E-state index in [2.05, 4.69) is 26.1 Å². The Hall–Kier alpha value is 0.650. The van der Waals surface area contributed by atoms with Crippen molar-refractivity contribution in [3.05, 3.63) is 23.8 Å². The Morgan fingerprint density at radius 2 is 1.71 bits per heavy atom. The van der Waals surface area contributed by atoms with Crippen LogP contribution in [0.3, 0.4) is 0 Å². The Balaban J connectivity index is 0.00000325. The molecule has 15 heteroatoms. The van der Waals surface area contributed by atoms with E-state index in [-0.39, 0.29) is 117 Å². The number of nitrogens with one attached hydrogen (secondary N) is 1. The molecule has 5 rings (SSSR count). The van der Waals surface area contributed by atoms with Gasteiger partial charge in [-0.05, 0) is 111 Å². The Bertz CT molecular complexity index is 1440. The molecule has 0 radical (unpaired) electrons. The van der Waals surface area contributed by atoms with Crippen LogP contribution in [-0.4, -0.2) is 74.6 Å². The van der Waals surface area contributed by atoms with Crippen LogP contribution in [0.2, 0.25) is 0 Å². The van der Waals surface area contributed by atoms with Gasteiger partial charge in [0.1, 0.15) is 0 Å². The second-order valence-electron chi connectivity index (χ2n) is 15.8. The first kappa shape index (κ1) is 44.0. The molecule has 3 saturated carbocycles. The normalized spacial score (nSPS) is 36.0. The average Bonchev–Trinajstić information content (AvgIpc) is 3.54. The number of amides is 1. The van der Waals surface area contributed by atoms with Gasteiger partial charge in [-0.15, -0.1) is 0 Å². The number of allylic oxidation sites excluding steroid dienone is 1. The summed E-state index contributed by atoms with van der Waals surface area (Å²) < 4.78 is 80.4. The van der Waals surface area contributed by atoms with E-state index >= 15 is 0 Å². The number of hydrogen-bond donors (Lipinski definition) is 1. The van der Waals surface area contributed by atoms with Crippen LogP contribution < -0.4 is 64.4 Å². The van der Waals surface area contributed by atoms with Gasteiger partial charge in [-0.25, -0.2) is 16.8 Å². The van der Waals surface area contributed by atoms with Crippen LogP contribution in [0.5, 0.6) is 0 Å². The van der Waals surface area contributed by atoms with Crippen molar-refractivity contribution in [1.82, 2.24) is 10.2 Å². The minimum Gasteiger partial charge on any atom is -0.726 e. The number of likely N-dealkylation sites (tertiary alicyclic amines) is 1. The molecule has 1 aliphatic heterocycles. The maximum atomic E-state index is 12.1. The third-order valence-corrected chi connectivity index (χ3v) is 13.7. The molecule has 49 heavy (non-hydrogen) atoms. The van der Waals surface area contributed by atoms with Crippen LogP contribution >= 0.6 is 0 Å². The summed E-state index contributed by atoms with van der Waals surface area (Å²) in [4.78, 5) is 13.9. The smallest absolute Gasteiger partial charge is 0.726 e. The molecule has 0 spiro atoms. The van der Waals surface area contributed by atoms with Crippen LogP contribution in [-0.2, 0) is 34.0 Å². The number of hydrogen-bond acceptors (Lipinski definition) is 10. The number of carbonyl (C=O) groups is 1. The molecule has 1 heterocycles. The summed E-state index contributed by atoms with van der Waals surface area (Å²) in [5.41, 5.74) is 0.955. The van der Waals surface area contributed by atoms with Crippen molar-refractivity contribution in [2.75, 3.05) is 19.6 Å². The zero-order valence-electron chi connectivity index (χ0n) is 30.6. The van der Waals surface area contributed by atoms with Gasteiger partial charge in [0.15, 0.2) is 0 Å². The first-order valence-electron chi connectivity index (χ1n) is 17.6. The fourth-order valence-corrected chi connectivity index (χ4v) is 11.4. The van der Waals surface area contributed by atoms with Crippen LogP contribution in [0.25, 0.3) is 0 Å². The van der Waals surface area contributed by atoms with Crippen molar-refractivity contribution in [3.8, 4) is 0 Å². The zero-order valence-corrected chi connectivity index (χ0v) is 36.2. The molecule has 1 N–H and O–H groups in total. The largest absolute Gasteiger partial charge is 1.00 e. The van der Waals surface area contributed by atoms with E-state index in [4.69, 9.17) is 8.37 Å². The second kappa shape index (κ2) is 17.4. The predicted molar refractivity (Wildman–Crippen MR) is 175 cm³/mol. The minimum atomic E-state index is -4.94. The van der Waals surface area contributed by atoms with E-state index < -0.39 is 33.0 Å². The first-order valence-corrected chi connectivity index (χ1v) is 20.3. The van der Waals surface area contributed by atoms with Gasteiger partial charge in [0.05, 0.1) is 12.2 Å². The number of nitrogens with zero attached hydrogens (tertiary/aromatic N) is 1. The van der Waals surface area contributed by atoms with Gasteiger partial charge in [-0.1, -0.05) is 58.4 Å². The summed E-state index contributed by atoms with van der Waals surface area (Å²) in [6.45, 7) is 12.7. The van der Waals surface area contributed by atoms with E-state index in [1.807, 2.05) is 17.1 Å². The van der Waals surface area contributed by atoms with Gasteiger partial charge in [-0.2, -0.15) is 0 Å². The van der Waals surface area contributed by atoms with Crippen molar-refractivity contribution >= 4 is 26.7 Å². The van der Waals surface area contributed by atoms with E-state index in [1.54, 1.807) is 19.9 Å². The molecule has 5 aliphatic rings. The molecule has 0 bridgehead atoms. The van der Waals surface area contributed by atoms with Gasteiger partial charge in [0.25, 0.3) is 0 Å². The third kappa shape index (κ3) is 10.2. The summed E-state index contributed by atoms with van der Waals surface area (Å²) in [6, 6.07) is 0.247. The molecule has 11 nitrogen and oxygen atoms in total. The quantitative estimate of drug-likeness (QED) is 0.0788. The number of fused-ring (bicyclic) bond motifs is 5. The van der Waals surface area contributed by atoms with Crippen molar-refractivity contribution in [2.24, 2.45) is 46.3 Å². The van der Waals surface area contributed by atoms with Crippen LogP contribution in [0.4, 0.5) is 0 Å². The minimum absolute atomic E-state index is 0. The summed E-state index contributed by atoms with van der Waals surface area (Å²) in [6.07, 6.45) is 12.9. The molecule has 0 unspecified atom stereocenters. The molecule has 0 aromatic carbocycles. The monoisotopic (exact) mass is 744 g/mol.